The van der Waals surface area contributed by atoms with Crippen LogP contribution in [0.2, 0.25) is 0 Å². The van der Waals surface area contributed by atoms with Crippen LogP contribution in [0.3, 0.4) is 0 Å². The van der Waals surface area contributed by atoms with E-state index in [4.69, 9.17) is 9.47 Å². The zero-order valence-electron chi connectivity index (χ0n) is 16.0. The Morgan fingerprint density at radius 1 is 1.32 bits per heavy atom. The van der Waals surface area contributed by atoms with Crippen LogP contribution in [0, 0.1) is 5.92 Å². The Balaban J connectivity index is 1.96. The third kappa shape index (κ3) is 5.72. The van der Waals surface area contributed by atoms with Crippen molar-refractivity contribution >= 4 is 11.6 Å². The van der Waals surface area contributed by atoms with Gasteiger partial charge in [0.1, 0.15) is 18.0 Å². The lowest BCUT2D eigenvalue weighted by Crippen LogP contribution is -2.48. The fraction of sp³-hybridized carbons (Fsp3) is 0.650. The molecule has 0 radical (unpaired) electrons. The molecule has 1 N–H and O–H groups in total. The van der Waals surface area contributed by atoms with Gasteiger partial charge in [0.2, 0.25) is 0 Å². The van der Waals surface area contributed by atoms with Gasteiger partial charge in [-0.2, -0.15) is 0 Å². The number of hydrogen-bond acceptors (Lipinski definition) is 4. The highest BCUT2D eigenvalue weighted by Crippen LogP contribution is 2.36. The largest absolute Gasteiger partial charge is 0.492 e. The summed E-state index contributed by atoms with van der Waals surface area (Å²) in [4.78, 5) is 15.0. The molecule has 1 aromatic rings. The van der Waals surface area contributed by atoms with Crippen molar-refractivity contribution in [3.63, 3.8) is 0 Å². The normalized spacial score (nSPS) is 23.5. The Bertz CT molecular complexity index is 540. The quantitative estimate of drug-likeness (QED) is 0.780. The van der Waals surface area contributed by atoms with Gasteiger partial charge in [-0.1, -0.05) is 13.3 Å². The number of nitrogens with zero attached hydrogens (tertiary/aromatic N) is 1. The zero-order valence-corrected chi connectivity index (χ0v) is 16.0. The van der Waals surface area contributed by atoms with Crippen LogP contribution in [0.5, 0.6) is 5.75 Å². The number of amides is 1. The van der Waals surface area contributed by atoms with Gasteiger partial charge >= 0.3 is 0 Å². The average Bonchev–Trinajstić information content (AvgIpc) is 2.56. The molecule has 5 heteroatoms. The van der Waals surface area contributed by atoms with E-state index in [0.717, 1.165) is 37.2 Å². The van der Waals surface area contributed by atoms with E-state index in [0.29, 0.717) is 19.1 Å². The first-order valence-electron chi connectivity index (χ1n) is 9.28. The Morgan fingerprint density at radius 3 is 2.64 bits per heavy atom. The van der Waals surface area contributed by atoms with Gasteiger partial charge in [-0.05, 0) is 70.5 Å². The van der Waals surface area contributed by atoms with Crippen molar-refractivity contribution in [3.8, 4) is 5.75 Å². The molecule has 1 fully saturated rings. The van der Waals surface area contributed by atoms with E-state index >= 15 is 0 Å². The number of ether oxygens (including phenoxy) is 2. The van der Waals surface area contributed by atoms with E-state index in [1.54, 1.807) is 0 Å². The van der Waals surface area contributed by atoms with E-state index in [1.807, 2.05) is 45.3 Å². The summed E-state index contributed by atoms with van der Waals surface area (Å²) >= 11 is 0. The lowest BCUT2D eigenvalue weighted by molar-refractivity contribution is -0.147. The molecule has 0 aromatic heterocycles. The highest BCUT2D eigenvalue weighted by molar-refractivity contribution is 5.97. The van der Waals surface area contributed by atoms with Gasteiger partial charge in [-0.15, -0.1) is 0 Å². The lowest BCUT2D eigenvalue weighted by Gasteiger charge is -2.38. The van der Waals surface area contributed by atoms with Crippen LogP contribution < -0.4 is 10.1 Å². The van der Waals surface area contributed by atoms with Gasteiger partial charge in [0.25, 0.3) is 5.91 Å². The second-order valence-corrected chi connectivity index (χ2v) is 7.26. The smallest absolute Gasteiger partial charge is 0.256 e. The van der Waals surface area contributed by atoms with E-state index < -0.39 is 5.60 Å². The van der Waals surface area contributed by atoms with Gasteiger partial charge in [0.05, 0.1) is 0 Å². The fourth-order valence-corrected chi connectivity index (χ4v) is 3.41. The summed E-state index contributed by atoms with van der Waals surface area (Å²) in [5, 5.41) is 3.03. The standard InChI is InChI=1S/C20H32N2O3/c1-5-25-20(12-6-7-16(2)15-20)19(23)21-17-8-10-18(11-9-17)24-14-13-22(3)4/h8-11,16H,5-7,12-15H2,1-4H3,(H,21,23)/t16-,20+/m1/s1. The highest BCUT2D eigenvalue weighted by atomic mass is 16.5. The maximum absolute atomic E-state index is 12.9. The highest BCUT2D eigenvalue weighted by Gasteiger charge is 2.42. The molecule has 1 aliphatic carbocycles. The van der Waals surface area contributed by atoms with Crippen molar-refractivity contribution in [3.05, 3.63) is 24.3 Å². The SMILES string of the molecule is CCO[C@@]1(C(=O)Nc2ccc(OCCN(C)C)cc2)CCC[C@@H](C)C1. The number of carbonyl (C=O) groups excluding carboxylic acids is 1. The first kappa shape index (κ1) is 19.7. The van der Waals surface area contributed by atoms with Gasteiger partial charge in [-0.25, -0.2) is 0 Å². The van der Waals surface area contributed by atoms with Crippen molar-refractivity contribution in [2.75, 3.05) is 39.2 Å². The molecule has 1 saturated carbocycles. The van der Waals surface area contributed by atoms with Crippen LogP contribution in [0.25, 0.3) is 0 Å². The number of benzene rings is 1. The van der Waals surface area contributed by atoms with E-state index in [9.17, 15) is 4.79 Å². The van der Waals surface area contributed by atoms with Crippen LogP contribution in [-0.2, 0) is 9.53 Å². The summed E-state index contributed by atoms with van der Waals surface area (Å²) in [7, 11) is 4.03. The molecular weight excluding hydrogens is 316 g/mol. The Labute approximate surface area is 151 Å². The van der Waals surface area contributed by atoms with E-state index in [-0.39, 0.29) is 5.91 Å². The third-order valence-electron chi connectivity index (χ3n) is 4.71. The molecule has 0 unspecified atom stereocenters. The number of nitrogens with one attached hydrogen (secondary N) is 1. The second-order valence-electron chi connectivity index (χ2n) is 7.26. The number of carbonyl (C=O) groups is 1. The molecule has 0 aliphatic heterocycles. The van der Waals surface area contributed by atoms with Crippen molar-refractivity contribution in [1.82, 2.24) is 4.90 Å². The molecule has 25 heavy (non-hydrogen) atoms. The molecule has 2 atom stereocenters. The van der Waals surface area contributed by atoms with Crippen molar-refractivity contribution in [2.24, 2.45) is 5.92 Å². The minimum absolute atomic E-state index is 0.0258. The fourth-order valence-electron chi connectivity index (χ4n) is 3.41. The molecule has 1 aliphatic rings. The van der Waals surface area contributed by atoms with Gasteiger partial charge in [0, 0.05) is 18.8 Å². The topological polar surface area (TPSA) is 50.8 Å². The number of hydrogen-bond donors (Lipinski definition) is 1. The van der Waals surface area contributed by atoms with E-state index in [1.165, 1.54) is 6.42 Å². The maximum atomic E-state index is 12.9. The summed E-state index contributed by atoms with van der Waals surface area (Å²) in [6.45, 7) is 6.21. The van der Waals surface area contributed by atoms with Crippen LogP contribution in [0.1, 0.15) is 39.5 Å². The lowest BCUT2D eigenvalue weighted by atomic mass is 9.78. The van der Waals surface area contributed by atoms with Crippen molar-refractivity contribution < 1.29 is 14.3 Å². The predicted octanol–water partition coefficient (Wildman–Crippen LogP) is 3.55. The van der Waals surface area contributed by atoms with Gasteiger partial charge in [0.15, 0.2) is 0 Å². The van der Waals surface area contributed by atoms with Crippen LogP contribution >= 0.6 is 0 Å². The molecule has 2 rings (SSSR count). The summed E-state index contributed by atoms with van der Waals surface area (Å²) in [6.07, 6.45) is 3.79. The second kappa shape index (κ2) is 9.20. The molecule has 0 heterocycles. The Kier molecular flexibility index (Phi) is 7.26. The number of likely N-dealkylation sites (N-methyl/N-ethyl adjacent to an activating group) is 1. The Hall–Kier alpha value is -1.59. The predicted molar refractivity (Wildman–Crippen MR) is 101 cm³/mol. The molecule has 5 nitrogen and oxygen atoms in total. The zero-order chi connectivity index (χ0) is 18.3. The molecule has 1 aromatic carbocycles. The molecule has 140 valence electrons. The maximum Gasteiger partial charge on any atom is 0.256 e. The molecule has 0 bridgehead atoms. The van der Waals surface area contributed by atoms with Crippen LogP contribution in [-0.4, -0.2) is 50.3 Å². The monoisotopic (exact) mass is 348 g/mol. The molecule has 1 amide bonds. The molecule has 0 saturated heterocycles. The summed E-state index contributed by atoms with van der Waals surface area (Å²) < 4.78 is 11.6. The summed E-state index contributed by atoms with van der Waals surface area (Å²) in [5.41, 5.74) is 0.0927. The summed E-state index contributed by atoms with van der Waals surface area (Å²) in [6, 6.07) is 7.55. The first-order chi connectivity index (χ1) is 11.9. The first-order valence-corrected chi connectivity index (χ1v) is 9.28. The summed E-state index contributed by atoms with van der Waals surface area (Å²) in [5.74, 6) is 1.30. The number of anilines is 1. The molecule has 0 spiro atoms. The van der Waals surface area contributed by atoms with Crippen LogP contribution in [0.15, 0.2) is 24.3 Å². The Morgan fingerprint density at radius 2 is 2.04 bits per heavy atom. The third-order valence-corrected chi connectivity index (χ3v) is 4.71. The van der Waals surface area contributed by atoms with Gasteiger partial charge in [-0.3, -0.25) is 4.79 Å². The van der Waals surface area contributed by atoms with Crippen molar-refractivity contribution in [2.45, 2.75) is 45.1 Å². The molecular formula is C20H32N2O3. The number of rotatable bonds is 8. The van der Waals surface area contributed by atoms with E-state index in [2.05, 4.69) is 17.1 Å². The minimum Gasteiger partial charge on any atom is -0.492 e. The van der Waals surface area contributed by atoms with Gasteiger partial charge < -0.3 is 19.7 Å². The van der Waals surface area contributed by atoms with Crippen LogP contribution in [0.4, 0.5) is 5.69 Å². The van der Waals surface area contributed by atoms with Crippen molar-refractivity contribution in [1.29, 1.82) is 0 Å². The minimum atomic E-state index is -0.687. The average molecular weight is 348 g/mol.